The molecule has 0 aliphatic heterocycles. The van der Waals surface area contributed by atoms with Crippen LogP contribution in [0.1, 0.15) is 16.7 Å². The van der Waals surface area contributed by atoms with Crippen LogP contribution in [0.2, 0.25) is 0 Å². The molecule has 3 aromatic carbocycles. The highest BCUT2D eigenvalue weighted by Crippen LogP contribution is 2.29. The van der Waals surface area contributed by atoms with Gasteiger partial charge in [0, 0.05) is 16.5 Å². The Labute approximate surface area is 186 Å². The highest BCUT2D eigenvalue weighted by molar-refractivity contribution is 5.92. The fourth-order valence-electron chi connectivity index (χ4n) is 3.96. The number of pyridine rings is 1. The summed E-state index contributed by atoms with van der Waals surface area (Å²) in [7, 11) is 0. The minimum atomic E-state index is -0.0747. The highest BCUT2D eigenvalue weighted by Gasteiger charge is 2.17. The second kappa shape index (κ2) is 8.65. The highest BCUT2D eigenvalue weighted by atomic mass is 16.1. The monoisotopic (exact) mass is 421 g/mol. The molecule has 5 rings (SSSR count). The van der Waals surface area contributed by atoms with Crippen LogP contribution < -0.4 is 10.9 Å². The molecule has 0 aliphatic carbocycles. The lowest BCUT2D eigenvalue weighted by atomic mass is 10.1. The van der Waals surface area contributed by atoms with E-state index in [4.69, 9.17) is 5.10 Å². The van der Waals surface area contributed by atoms with Crippen LogP contribution in [-0.4, -0.2) is 14.8 Å². The van der Waals surface area contributed by atoms with E-state index >= 15 is 0 Å². The minimum Gasteiger partial charge on any atom is -0.339 e. The van der Waals surface area contributed by atoms with Gasteiger partial charge in [-0.15, -0.1) is 0 Å². The van der Waals surface area contributed by atoms with Crippen molar-refractivity contribution < 1.29 is 5.32 Å². The first-order valence-electron chi connectivity index (χ1n) is 10.8. The Bertz CT molecular complexity index is 1400. The lowest BCUT2D eigenvalue weighted by molar-refractivity contribution is -0.686. The summed E-state index contributed by atoms with van der Waals surface area (Å²) in [6.45, 7) is 3.50. The minimum absolute atomic E-state index is 0.0747. The molecule has 3 N–H and O–H groups in total. The van der Waals surface area contributed by atoms with E-state index in [1.54, 1.807) is 0 Å². The third-order valence-electron chi connectivity index (χ3n) is 5.68. The lowest BCUT2D eigenvalue weighted by Gasteiger charge is -2.05. The van der Waals surface area contributed by atoms with Gasteiger partial charge in [-0.25, -0.2) is 4.68 Å². The topological polar surface area (TPSA) is 67.3 Å². The number of H-pyrrole nitrogens is 1. The number of hydrogen-bond acceptors (Lipinski definition) is 2. The van der Waals surface area contributed by atoms with Gasteiger partial charge in [-0.1, -0.05) is 78.4 Å². The molecule has 0 spiro atoms. The summed E-state index contributed by atoms with van der Waals surface area (Å²) in [5.41, 5.74) is 6.63. The van der Waals surface area contributed by atoms with Crippen molar-refractivity contribution in [3.05, 3.63) is 118 Å². The Kier molecular flexibility index (Phi) is 5.40. The fraction of sp³-hybridized carbons (Fsp3) is 0.111. The average Bonchev–Trinajstić information content (AvgIpc) is 3.19. The molecule has 158 valence electrons. The maximum absolute atomic E-state index is 12.9. The number of nitrogens with zero attached hydrogens (tertiary/aromatic N) is 2. The predicted molar refractivity (Wildman–Crippen MR) is 128 cm³/mol. The Morgan fingerprint density at radius 3 is 2.28 bits per heavy atom. The summed E-state index contributed by atoms with van der Waals surface area (Å²) in [5.74, 6) is 0. The lowest BCUT2D eigenvalue weighted by Crippen LogP contribution is -2.81. The molecule has 0 unspecified atom stereocenters. The van der Waals surface area contributed by atoms with Gasteiger partial charge in [-0.3, -0.25) is 4.79 Å². The molecule has 32 heavy (non-hydrogen) atoms. The first-order valence-corrected chi connectivity index (χ1v) is 10.8. The molecule has 0 bridgehead atoms. The number of aryl methyl sites for hydroxylation is 1. The number of aromatic amines is 1. The number of nitrogens with two attached hydrogens (primary N) is 1. The van der Waals surface area contributed by atoms with E-state index in [1.807, 2.05) is 59.3 Å². The number of benzene rings is 3. The Morgan fingerprint density at radius 1 is 0.875 bits per heavy atom. The van der Waals surface area contributed by atoms with Crippen molar-refractivity contribution in [1.82, 2.24) is 14.8 Å². The first-order chi connectivity index (χ1) is 15.7. The van der Waals surface area contributed by atoms with Crippen LogP contribution >= 0.6 is 0 Å². The van der Waals surface area contributed by atoms with E-state index in [9.17, 15) is 4.79 Å². The number of para-hydroxylation sites is 1. The van der Waals surface area contributed by atoms with Crippen LogP contribution in [0.4, 0.5) is 0 Å². The van der Waals surface area contributed by atoms with Crippen molar-refractivity contribution in [2.75, 3.05) is 0 Å². The van der Waals surface area contributed by atoms with Crippen LogP contribution in [0.25, 0.3) is 28.0 Å². The van der Waals surface area contributed by atoms with Gasteiger partial charge < -0.3 is 10.3 Å². The molecule has 0 amide bonds. The standard InChI is InChI=1S/C27H24N4O/c1-19-12-14-21(15-13-19)25-24-16-22(18-28-17-20-8-4-2-5-9-20)27(32)29-26(24)31(30-25)23-10-6-3-7-11-23/h2-16,28H,17-18H2,1H3,(H,29,32)/p+1. The third-order valence-corrected chi connectivity index (χ3v) is 5.68. The van der Waals surface area contributed by atoms with Gasteiger partial charge >= 0.3 is 0 Å². The largest absolute Gasteiger partial charge is 0.339 e. The number of hydrogen-bond donors (Lipinski definition) is 2. The van der Waals surface area contributed by atoms with Gasteiger partial charge in [0.2, 0.25) is 0 Å². The molecule has 0 radical (unpaired) electrons. The number of aromatic nitrogens is 3. The van der Waals surface area contributed by atoms with Crippen molar-refractivity contribution in [2.24, 2.45) is 0 Å². The van der Waals surface area contributed by atoms with E-state index in [0.29, 0.717) is 12.2 Å². The van der Waals surface area contributed by atoms with Gasteiger partial charge in [0.25, 0.3) is 5.56 Å². The molecule has 5 nitrogen and oxygen atoms in total. The van der Waals surface area contributed by atoms with Crippen LogP contribution in [0.15, 0.2) is 95.8 Å². The second-order valence-corrected chi connectivity index (χ2v) is 8.03. The van der Waals surface area contributed by atoms with Crippen molar-refractivity contribution in [3.63, 3.8) is 0 Å². The van der Waals surface area contributed by atoms with Gasteiger partial charge in [0.15, 0.2) is 0 Å². The molecule has 2 aromatic heterocycles. The summed E-state index contributed by atoms with van der Waals surface area (Å²) < 4.78 is 1.82. The Balaban J connectivity index is 1.57. The van der Waals surface area contributed by atoms with E-state index in [0.717, 1.165) is 34.4 Å². The SMILES string of the molecule is Cc1ccc(-c2nn(-c3ccccc3)c3[nH]c(=O)c(C[NH2+]Cc4ccccc4)cc23)cc1. The van der Waals surface area contributed by atoms with E-state index in [1.165, 1.54) is 11.1 Å². The summed E-state index contributed by atoms with van der Waals surface area (Å²) in [4.78, 5) is 16.0. The van der Waals surface area contributed by atoms with Gasteiger partial charge in [0.05, 0.1) is 11.3 Å². The fourth-order valence-corrected chi connectivity index (χ4v) is 3.96. The third kappa shape index (κ3) is 3.98. The summed E-state index contributed by atoms with van der Waals surface area (Å²) >= 11 is 0. The van der Waals surface area contributed by atoms with Gasteiger partial charge in [-0.2, -0.15) is 5.10 Å². The van der Waals surface area contributed by atoms with Crippen molar-refractivity contribution in [2.45, 2.75) is 20.0 Å². The molecule has 0 saturated carbocycles. The van der Waals surface area contributed by atoms with E-state index in [-0.39, 0.29) is 5.56 Å². The second-order valence-electron chi connectivity index (χ2n) is 8.03. The zero-order valence-corrected chi connectivity index (χ0v) is 18.0. The predicted octanol–water partition coefficient (Wildman–Crippen LogP) is 3.95. The number of quaternary nitrogens is 1. The first kappa shape index (κ1) is 20.0. The van der Waals surface area contributed by atoms with Gasteiger partial charge in [0.1, 0.15) is 24.4 Å². The number of fused-ring (bicyclic) bond motifs is 1. The zero-order valence-electron chi connectivity index (χ0n) is 18.0. The summed E-state index contributed by atoms with van der Waals surface area (Å²) in [6, 6.07) is 30.5. The van der Waals surface area contributed by atoms with Crippen LogP contribution in [0.3, 0.4) is 0 Å². The van der Waals surface area contributed by atoms with Crippen LogP contribution in [0.5, 0.6) is 0 Å². The van der Waals surface area contributed by atoms with E-state index in [2.05, 4.69) is 53.6 Å². The van der Waals surface area contributed by atoms with Crippen molar-refractivity contribution in [3.8, 4) is 16.9 Å². The van der Waals surface area contributed by atoms with Gasteiger partial charge in [-0.05, 0) is 25.1 Å². The number of nitrogens with one attached hydrogen (secondary N) is 1. The smallest absolute Gasteiger partial charge is 0.258 e. The molecule has 0 fully saturated rings. The molecule has 5 heteroatoms. The zero-order chi connectivity index (χ0) is 21.9. The molecule has 2 heterocycles. The maximum atomic E-state index is 12.9. The van der Waals surface area contributed by atoms with E-state index < -0.39 is 0 Å². The average molecular weight is 422 g/mol. The number of rotatable bonds is 6. The summed E-state index contributed by atoms with van der Waals surface area (Å²) in [6.07, 6.45) is 0. The quantitative estimate of drug-likeness (QED) is 0.436. The molecule has 5 aromatic rings. The maximum Gasteiger partial charge on any atom is 0.258 e. The van der Waals surface area contributed by atoms with Crippen molar-refractivity contribution >= 4 is 11.0 Å². The summed E-state index contributed by atoms with van der Waals surface area (Å²) in [5, 5.41) is 8.00. The Hall–Kier alpha value is -3.96. The molecular formula is C27H25N4O+. The van der Waals surface area contributed by atoms with Crippen LogP contribution in [0, 0.1) is 6.92 Å². The Morgan fingerprint density at radius 2 is 1.56 bits per heavy atom. The molecule has 0 atom stereocenters. The molecule has 0 aliphatic rings. The molecule has 0 saturated heterocycles. The normalized spacial score (nSPS) is 11.2. The van der Waals surface area contributed by atoms with Crippen molar-refractivity contribution in [1.29, 1.82) is 0 Å². The molecular weight excluding hydrogens is 396 g/mol. The van der Waals surface area contributed by atoms with Crippen LogP contribution in [-0.2, 0) is 13.1 Å².